The maximum atomic E-state index is 11.0. The van der Waals surface area contributed by atoms with Crippen LogP contribution in [0, 0.1) is 0 Å². The van der Waals surface area contributed by atoms with Gasteiger partial charge in [-0.05, 0) is 6.92 Å². The van der Waals surface area contributed by atoms with Crippen molar-refractivity contribution >= 4 is 17.7 Å². The molecule has 0 saturated heterocycles. The smallest absolute Gasteiger partial charge is 0.306 e. The van der Waals surface area contributed by atoms with E-state index in [0.29, 0.717) is 0 Å². The zero-order valence-corrected chi connectivity index (χ0v) is 10.8. The van der Waals surface area contributed by atoms with Crippen LogP contribution in [-0.4, -0.2) is 74.3 Å². The lowest BCUT2D eigenvalue weighted by Crippen LogP contribution is -2.48. The average Bonchev–Trinajstić information content (AvgIpc) is 2.39. The van der Waals surface area contributed by atoms with E-state index in [1.807, 2.05) is 0 Å². The van der Waals surface area contributed by atoms with Gasteiger partial charge in [-0.25, -0.2) is 0 Å². The highest BCUT2D eigenvalue weighted by Crippen LogP contribution is 2.07. The first-order valence-corrected chi connectivity index (χ1v) is 5.77. The van der Waals surface area contributed by atoms with Crippen LogP contribution in [0.15, 0.2) is 0 Å². The number of ketones is 1. The lowest BCUT2D eigenvalue weighted by molar-refractivity contribution is -0.159. The van der Waals surface area contributed by atoms with Gasteiger partial charge in [-0.1, -0.05) is 0 Å². The first kappa shape index (κ1) is 18.4. The number of carbonyl (C=O) groups excluding carboxylic acids is 2. The lowest BCUT2D eigenvalue weighted by atomic mass is 10.0. The highest BCUT2D eigenvalue weighted by molar-refractivity contribution is 5.80. The van der Waals surface area contributed by atoms with Crippen LogP contribution in [0.2, 0.25) is 0 Å². The van der Waals surface area contributed by atoms with E-state index in [1.54, 1.807) is 0 Å². The molecule has 9 heteroatoms. The van der Waals surface area contributed by atoms with Crippen molar-refractivity contribution in [2.24, 2.45) is 0 Å². The van der Waals surface area contributed by atoms with Gasteiger partial charge in [-0.15, -0.1) is 0 Å². The molecule has 0 radical (unpaired) electrons. The minimum absolute atomic E-state index is 0.406. The first-order chi connectivity index (χ1) is 9.16. The van der Waals surface area contributed by atoms with Crippen molar-refractivity contribution < 1.29 is 44.7 Å². The van der Waals surface area contributed by atoms with Crippen molar-refractivity contribution in [3.8, 4) is 0 Å². The molecule has 0 rings (SSSR count). The van der Waals surface area contributed by atoms with Gasteiger partial charge in [0.15, 0.2) is 5.78 Å². The van der Waals surface area contributed by atoms with Gasteiger partial charge in [0.25, 0.3) is 0 Å². The standard InChI is InChI=1S/C11H18O9/c1-5(12)9(17)11(19)10(18)6(13)4-20-8(16)3-2-7(14)15/h6,9-11,13,17-19H,2-4H2,1H3,(H,14,15)/t6-,9+,10-,11-/m1/s1. The van der Waals surface area contributed by atoms with Crippen LogP contribution >= 0.6 is 0 Å². The van der Waals surface area contributed by atoms with Crippen molar-refractivity contribution in [3.05, 3.63) is 0 Å². The number of rotatable bonds is 9. The zero-order chi connectivity index (χ0) is 15.9. The van der Waals surface area contributed by atoms with E-state index in [9.17, 15) is 34.8 Å². The fourth-order valence-electron chi connectivity index (χ4n) is 1.21. The van der Waals surface area contributed by atoms with Crippen LogP contribution in [0.3, 0.4) is 0 Å². The molecular formula is C11H18O9. The summed E-state index contributed by atoms with van der Waals surface area (Å²) < 4.78 is 4.48. The Morgan fingerprint density at radius 1 is 1.00 bits per heavy atom. The summed E-state index contributed by atoms with van der Waals surface area (Å²) in [5.41, 5.74) is 0. The van der Waals surface area contributed by atoms with E-state index in [2.05, 4.69) is 4.74 Å². The second-order valence-electron chi connectivity index (χ2n) is 4.18. The van der Waals surface area contributed by atoms with Gasteiger partial charge in [0.2, 0.25) is 0 Å². The molecule has 20 heavy (non-hydrogen) atoms. The lowest BCUT2D eigenvalue weighted by Gasteiger charge is -2.25. The minimum atomic E-state index is -1.93. The molecule has 0 aromatic heterocycles. The normalized spacial score (nSPS) is 16.9. The summed E-state index contributed by atoms with van der Waals surface area (Å²) in [6.07, 6.45) is -8.28. The molecule has 0 aliphatic heterocycles. The molecule has 9 nitrogen and oxygen atoms in total. The second kappa shape index (κ2) is 8.59. The van der Waals surface area contributed by atoms with Gasteiger partial charge in [-0.3, -0.25) is 14.4 Å². The predicted molar refractivity (Wildman–Crippen MR) is 62.5 cm³/mol. The summed E-state index contributed by atoms with van der Waals surface area (Å²) in [5.74, 6) is -2.90. The molecule has 0 bridgehead atoms. The monoisotopic (exact) mass is 294 g/mol. The summed E-state index contributed by atoms with van der Waals surface area (Å²) in [5, 5.41) is 45.7. The molecule has 0 aliphatic carbocycles. The van der Waals surface area contributed by atoms with Crippen LogP contribution in [0.4, 0.5) is 0 Å². The number of Topliss-reactive ketones (excluding diaryl/α,β-unsaturated/α-hetero) is 1. The maximum Gasteiger partial charge on any atom is 0.306 e. The molecular weight excluding hydrogens is 276 g/mol. The Balaban J connectivity index is 4.19. The van der Waals surface area contributed by atoms with Gasteiger partial charge in [0.1, 0.15) is 31.0 Å². The van der Waals surface area contributed by atoms with Crippen LogP contribution in [0.1, 0.15) is 19.8 Å². The molecule has 0 spiro atoms. The van der Waals surface area contributed by atoms with E-state index < -0.39 is 61.6 Å². The summed E-state index contributed by atoms with van der Waals surface area (Å²) in [4.78, 5) is 32.0. The molecule has 0 aromatic rings. The van der Waals surface area contributed by atoms with Gasteiger partial charge >= 0.3 is 11.9 Å². The number of hydrogen-bond donors (Lipinski definition) is 5. The molecule has 5 N–H and O–H groups in total. The Morgan fingerprint density at radius 2 is 1.55 bits per heavy atom. The summed E-state index contributed by atoms with van der Waals surface area (Å²) >= 11 is 0. The molecule has 0 aliphatic rings. The van der Waals surface area contributed by atoms with Gasteiger partial charge in [0.05, 0.1) is 12.8 Å². The molecule has 0 unspecified atom stereocenters. The third kappa shape index (κ3) is 6.57. The number of ether oxygens (including phenoxy) is 1. The number of carbonyl (C=O) groups is 3. The van der Waals surface area contributed by atoms with Crippen molar-refractivity contribution in [3.63, 3.8) is 0 Å². The number of hydrogen-bond acceptors (Lipinski definition) is 8. The molecule has 4 atom stereocenters. The number of aliphatic hydroxyl groups is 4. The number of carboxylic acid groups (broad SMARTS) is 1. The van der Waals surface area contributed by atoms with E-state index in [4.69, 9.17) is 5.11 Å². The SMILES string of the molecule is CC(=O)[C@H](O)[C@@H](O)[C@H](O)[C@H](O)COC(=O)CCC(=O)O. The molecule has 0 amide bonds. The fourth-order valence-corrected chi connectivity index (χ4v) is 1.21. The van der Waals surface area contributed by atoms with Crippen LogP contribution < -0.4 is 0 Å². The first-order valence-electron chi connectivity index (χ1n) is 5.77. The van der Waals surface area contributed by atoms with Gasteiger partial charge in [-0.2, -0.15) is 0 Å². The maximum absolute atomic E-state index is 11.0. The highest BCUT2D eigenvalue weighted by atomic mass is 16.5. The highest BCUT2D eigenvalue weighted by Gasteiger charge is 2.33. The fraction of sp³-hybridized carbons (Fsp3) is 0.727. The number of aliphatic hydroxyl groups excluding tert-OH is 4. The Bertz CT molecular complexity index is 354. The molecule has 0 aromatic carbocycles. The quantitative estimate of drug-likeness (QED) is 0.288. The minimum Gasteiger partial charge on any atom is -0.481 e. The van der Waals surface area contributed by atoms with Crippen molar-refractivity contribution in [2.75, 3.05) is 6.61 Å². The third-order valence-electron chi connectivity index (χ3n) is 2.44. The van der Waals surface area contributed by atoms with E-state index in [0.717, 1.165) is 6.92 Å². The molecule has 0 fully saturated rings. The van der Waals surface area contributed by atoms with Crippen LogP contribution in [0.25, 0.3) is 0 Å². The predicted octanol–water partition coefficient (Wildman–Crippen LogP) is -2.57. The average molecular weight is 294 g/mol. The largest absolute Gasteiger partial charge is 0.481 e. The molecule has 0 heterocycles. The zero-order valence-electron chi connectivity index (χ0n) is 10.8. The summed E-state index contributed by atoms with van der Waals surface area (Å²) in [6, 6.07) is 0. The Labute approximate surface area is 114 Å². The Morgan fingerprint density at radius 3 is 2.00 bits per heavy atom. The van der Waals surface area contributed by atoms with Crippen LogP contribution in [-0.2, 0) is 19.1 Å². The Hall–Kier alpha value is -1.55. The topological polar surface area (TPSA) is 162 Å². The summed E-state index contributed by atoms with van der Waals surface area (Å²) in [6.45, 7) is 0.278. The molecule has 116 valence electrons. The van der Waals surface area contributed by atoms with Crippen LogP contribution in [0.5, 0.6) is 0 Å². The van der Waals surface area contributed by atoms with E-state index >= 15 is 0 Å². The van der Waals surface area contributed by atoms with Gasteiger partial charge in [0, 0.05) is 0 Å². The van der Waals surface area contributed by atoms with Crippen molar-refractivity contribution in [1.29, 1.82) is 0 Å². The number of esters is 1. The molecule has 0 saturated carbocycles. The Kier molecular flexibility index (Phi) is 7.92. The van der Waals surface area contributed by atoms with Crippen molar-refractivity contribution in [1.82, 2.24) is 0 Å². The number of aliphatic carboxylic acids is 1. The van der Waals surface area contributed by atoms with Gasteiger partial charge < -0.3 is 30.3 Å². The second-order valence-corrected chi connectivity index (χ2v) is 4.18. The number of carboxylic acids is 1. The van der Waals surface area contributed by atoms with E-state index in [-0.39, 0.29) is 0 Å². The van der Waals surface area contributed by atoms with E-state index in [1.165, 1.54) is 0 Å². The van der Waals surface area contributed by atoms with Crippen molar-refractivity contribution in [2.45, 2.75) is 44.2 Å². The third-order valence-corrected chi connectivity index (χ3v) is 2.44. The summed E-state index contributed by atoms with van der Waals surface area (Å²) in [7, 11) is 0.